The summed E-state index contributed by atoms with van der Waals surface area (Å²) in [5.41, 5.74) is 1.51. The molecule has 17 heavy (non-hydrogen) atoms. The van der Waals surface area contributed by atoms with Crippen LogP contribution in [0.15, 0.2) is 35.8 Å². The highest BCUT2D eigenvalue weighted by atomic mass is 32.1. The average Bonchev–Trinajstić information content (AvgIpc) is 2.83. The summed E-state index contributed by atoms with van der Waals surface area (Å²) in [6.07, 6.45) is 1.60. The van der Waals surface area contributed by atoms with Gasteiger partial charge in [-0.05, 0) is 37.4 Å². The van der Waals surface area contributed by atoms with E-state index in [1.165, 1.54) is 0 Å². The third-order valence-electron chi connectivity index (χ3n) is 2.49. The molecule has 0 saturated heterocycles. The van der Waals surface area contributed by atoms with Crippen LogP contribution in [0, 0.1) is 6.92 Å². The minimum Gasteiger partial charge on any atom is -0.345 e. The molecule has 2 heterocycles. The van der Waals surface area contributed by atoms with Gasteiger partial charge in [-0.2, -0.15) is 0 Å². The zero-order valence-corrected chi connectivity index (χ0v) is 10.6. The summed E-state index contributed by atoms with van der Waals surface area (Å²) in [5.74, 6) is -0.0848. The van der Waals surface area contributed by atoms with Gasteiger partial charge in [-0.15, -0.1) is 11.3 Å². The lowest BCUT2D eigenvalue weighted by molar-refractivity contribution is 0.0940. The predicted molar refractivity (Wildman–Crippen MR) is 69.2 cm³/mol. The van der Waals surface area contributed by atoms with Crippen molar-refractivity contribution in [3.63, 3.8) is 0 Å². The normalized spacial score (nSPS) is 12.1. The molecule has 0 aliphatic rings. The number of hydrogen-bond donors (Lipinski definition) is 1. The number of thiophene rings is 1. The van der Waals surface area contributed by atoms with Gasteiger partial charge in [-0.3, -0.25) is 9.78 Å². The number of aryl methyl sites for hydroxylation is 1. The van der Waals surface area contributed by atoms with Crippen molar-refractivity contribution in [3.8, 4) is 0 Å². The van der Waals surface area contributed by atoms with E-state index in [9.17, 15) is 4.79 Å². The zero-order valence-electron chi connectivity index (χ0n) is 9.81. The second kappa shape index (κ2) is 5.10. The van der Waals surface area contributed by atoms with Crippen LogP contribution < -0.4 is 5.32 Å². The van der Waals surface area contributed by atoms with Gasteiger partial charge in [0.1, 0.15) is 0 Å². The van der Waals surface area contributed by atoms with Crippen molar-refractivity contribution in [1.82, 2.24) is 10.3 Å². The molecular weight excluding hydrogens is 232 g/mol. The Kier molecular flexibility index (Phi) is 3.54. The van der Waals surface area contributed by atoms with E-state index in [0.29, 0.717) is 5.56 Å². The van der Waals surface area contributed by atoms with E-state index in [-0.39, 0.29) is 11.9 Å². The highest BCUT2D eigenvalue weighted by Crippen LogP contribution is 2.18. The molecule has 2 aromatic rings. The summed E-state index contributed by atoms with van der Waals surface area (Å²) in [7, 11) is 0. The first-order chi connectivity index (χ1) is 8.16. The fourth-order valence-electron chi connectivity index (χ4n) is 1.49. The van der Waals surface area contributed by atoms with Crippen molar-refractivity contribution >= 4 is 17.2 Å². The molecule has 0 aliphatic heterocycles. The van der Waals surface area contributed by atoms with Crippen LogP contribution in [0.25, 0.3) is 0 Å². The Labute approximate surface area is 105 Å². The molecule has 2 aromatic heterocycles. The monoisotopic (exact) mass is 246 g/mol. The number of pyridine rings is 1. The number of hydrogen-bond acceptors (Lipinski definition) is 3. The number of nitrogens with one attached hydrogen (secondary N) is 1. The van der Waals surface area contributed by atoms with Crippen molar-refractivity contribution in [2.45, 2.75) is 19.9 Å². The molecule has 2 rings (SSSR count). The van der Waals surface area contributed by atoms with Crippen molar-refractivity contribution in [2.75, 3.05) is 0 Å². The number of rotatable bonds is 3. The molecule has 0 saturated carbocycles. The number of amides is 1. The highest BCUT2D eigenvalue weighted by Gasteiger charge is 2.11. The lowest BCUT2D eigenvalue weighted by Gasteiger charge is -2.11. The van der Waals surface area contributed by atoms with Crippen LogP contribution in [0.4, 0.5) is 0 Å². The van der Waals surface area contributed by atoms with E-state index >= 15 is 0 Å². The molecule has 1 N–H and O–H groups in total. The molecule has 1 amide bonds. The standard InChI is InChI=1S/C13H14N2OS/c1-9-5-6-11(8-14-9)13(16)15-10(2)12-4-3-7-17-12/h3-8,10H,1-2H3,(H,15,16)/t10-/m0/s1. The maximum absolute atomic E-state index is 11.9. The van der Waals surface area contributed by atoms with E-state index in [2.05, 4.69) is 10.3 Å². The quantitative estimate of drug-likeness (QED) is 0.904. The van der Waals surface area contributed by atoms with Crippen molar-refractivity contribution in [1.29, 1.82) is 0 Å². The number of aromatic nitrogens is 1. The van der Waals surface area contributed by atoms with E-state index in [4.69, 9.17) is 0 Å². The summed E-state index contributed by atoms with van der Waals surface area (Å²) in [6, 6.07) is 7.66. The largest absolute Gasteiger partial charge is 0.345 e. The first kappa shape index (κ1) is 11.8. The molecule has 3 nitrogen and oxygen atoms in total. The third-order valence-corrected chi connectivity index (χ3v) is 3.55. The molecule has 0 aromatic carbocycles. The minimum atomic E-state index is -0.0848. The molecule has 0 radical (unpaired) electrons. The Bertz CT molecular complexity index is 491. The summed E-state index contributed by atoms with van der Waals surface area (Å²) in [5, 5.41) is 4.95. The first-order valence-electron chi connectivity index (χ1n) is 5.44. The second-order valence-electron chi connectivity index (χ2n) is 3.90. The average molecular weight is 246 g/mol. The van der Waals surface area contributed by atoms with Gasteiger partial charge in [-0.25, -0.2) is 0 Å². The number of nitrogens with zero attached hydrogens (tertiary/aromatic N) is 1. The maximum atomic E-state index is 11.9. The van der Waals surface area contributed by atoms with Crippen molar-refractivity contribution in [3.05, 3.63) is 52.0 Å². The summed E-state index contributed by atoms with van der Waals surface area (Å²) in [4.78, 5) is 17.2. The number of carbonyl (C=O) groups is 1. The lowest BCUT2D eigenvalue weighted by Crippen LogP contribution is -2.26. The molecular formula is C13H14N2OS. The lowest BCUT2D eigenvalue weighted by atomic mass is 10.2. The zero-order chi connectivity index (χ0) is 12.3. The first-order valence-corrected chi connectivity index (χ1v) is 6.31. The fraction of sp³-hybridized carbons (Fsp3) is 0.231. The predicted octanol–water partition coefficient (Wildman–Crippen LogP) is 2.94. The van der Waals surface area contributed by atoms with Gasteiger partial charge < -0.3 is 5.32 Å². The molecule has 0 fully saturated rings. The Balaban J connectivity index is 2.04. The Morgan fingerprint density at radius 1 is 1.41 bits per heavy atom. The SMILES string of the molecule is Cc1ccc(C(=O)N[C@@H](C)c2cccs2)cn1. The molecule has 0 bridgehead atoms. The topological polar surface area (TPSA) is 42.0 Å². The van der Waals surface area contributed by atoms with Gasteiger partial charge in [0.2, 0.25) is 0 Å². The van der Waals surface area contributed by atoms with Crippen LogP contribution in [0.3, 0.4) is 0 Å². The molecule has 0 spiro atoms. The van der Waals surface area contributed by atoms with Gasteiger partial charge >= 0.3 is 0 Å². The smallest absolute Gasteiger partial charge is 0.253 e. The second-order valence-corrected chi connectivity index (χ2v) is 4.88. The van der Waals surface area contributed by atoms with E-state index < -0.39 is 0 Å². The van der Waals surface area contributed by atoms with Crippen molar-refractivity contribution in [2.24, 2.45) is 0 Å². The maximum Gasteiger partial charge on any atom is 0.253 e. The van der Waals surface area contributed by atoms with E-state index in [1.54, 1.807) is 23.6 Å². The molecule has 88 valence electrons. The Morgan fingerprint density at radius 2 is 2.24 bits per heavy atom. The Hall–Kier alpha value is -1.68. The van der Waals surface area contributed by atoms with Crippen LogP contribution >= 0.6 is 11.3 Å². The van der Waals surface area contributed by atoms with Gasteiger partial charge in [0.15, 0.2) is 0 Å². The van der Waals surface area contributed by atoms with Crippen LogP contribution in [0.5, 0.6) is 0 Å². The van der Waals surface area contributed by atoms with Gasteiger partial charge in [-0.1, -0.05) is 6.07 Å². The molecule has 4 heteroatoms. The van der Waals surface area contributed by atoms with E-state index in [1.807, 2.05) is 37.4 Å². The minimum absolute atomic E-state index is 0.0313. The molecule has 1 atom stereocenters. The van der Waals surface area contributed by atoms with Crippen LogP contribution in [0.1, 0.15) is 33.9 Å². The summed E-state index contributed by atoms with van der Waals surface area (Å²) in [6.45, 7) is 3.88. The van der Waals surface area contributed by atoms with E-state index in [0.717, 1.165) is 10.6 Å². The van der Waals surface area contributed by atoms with Crippen LogP contribution in [-0.2, 0) is 0 Å². The number of carbonyl (C=O) groups excluding carboxylic acids is 1. The van der Waals surface area contributed by atoms with Crippen LogP contribution in [0.2, 0.25) is 0 Å². The van der Waals surface area contributed by atoms with Crippen molar-refractivity contribution < 1.29 is 4.79 Å². The van der Waals surface area contributed by atoms with Crippen LogP contribution in [-0.4, -0.2) is 10.9 Å². The summed E-state index contributed by atoms with van der Waals surface area (Å²) < 4.78 is 0. The van der Waals surface area contributed by atoms with Gasteiger partial charge in [0.25, 0.3) is 5.91 Å². The molecule has 0 unspecified atom stereocenters. The highest BCUT2D eigenvalue weighted by molar-refractivity contribution is 7.10. The molecule has 0 aliphatic carbocycles. The van der Waals surface area contributed by atoms with Gasteiger partial charge in [0.05, 0.1) is 11.6 Å². The third kappa shape index (κ3) is 2.91. The Morgan fingerprint density at radius 3 is 2.82 bits per heavy atom. The fourth-order valence-corrected chi connectivity index (χ4v) is 2.23. The van der Waals surface area contributed by atoms with Gasteiger partial charge in [0, 0.05) is 16.8 Å². The summed E-state index contributed by atoms with van der Waals surface area (Å²) >= 11 is 1.64.